The van der Waals surface area contributed by atoms with Gasteiger partial charge < -0.3 is 15.2 Å². The van der Waals surface area contributed by atoms with Gasteiger partial charge in [-0.15, -0.1) is 0 Å². The van der Waals surface area contributed by atoms with Crippen LogP contribution in [0.4, 0.5) is 5.82 Å². The third kappa shape index (κ3) is 2.55. The molecule has 0 aliphatic carbocycles. The highest BCUT2D eigenvalue weighted by atomic mass is 16.5. The summed E-state index contributed by atoms with van der Waals surface area (Å²) < 4.78 is 10.6. The number of hydrogen-bond donors (Lipinski definition) is 1. The molecule has 22 heavy (non-hydrogen) atoms. The topological polar surface area (TPSA) is 57.4 Å². The van der Waals surface area contributed by atoms with E-state index >= 15 is 0 Å². The van der Waals surface area contributed by atoms with Gasteiger partial charge in [-0.1, -0.05) is 23.8 Å². The number of nitrogens with zero attached hydrogens (tertiary/aromatic N) is 1. The lowest BCUT2D eigenvalue weighted by Crippen LogP contribution is -1.96. The molecule has 3 aromatic rings. The van der Waals surface area contributed by atoms with Crippen LogP contribution < -0.4 is 15.2 Å². The fourth-order valence-corrected chi connectivity index (χ4v) is 2.51. The number of aryl methyl sites for hydroxylation is 1. The highest BCUT2D eigenvalue weighted by molar-refractivity contribution is 5.94. The Labute approximate surface area is 129 Å². The third-order valence-electron chi connectivity index (χ3n) is 3.66. The Morgan fingerprint density at radius 2 is 1.59 bits per heavy atom. The summed E-state index contributed by atoms with van der Waals surface area (Å²) in [6, 6.07) is 13.9. The fourth-order valence-electron chi connectivity index (χ4n) is 2.51. The van der Waals surface area contributed by atoms with E-state index in [2.05, 4.69) is 18.0 Å². The highest BCUT2D eigenvalue weighted by Crippen LogP contribution is 2.32. The van der Waals surface area contributed by atoms with Crippen molar-refractivity contribution in [1.82, 2.24) is 4.98 Å². The zero-order valence-corrected chi connectivity index (χ0v) is 12.9. The molecule has 0 aliphatic rings. The van der Waals surface area contributed by atoms with Crippen molar-refractivity contribution < 1.29 is 9.47 Å². The standard InChI is InChI=1S/C18H18N2O2/c1-11-4-5-16-12(6-11)9-17(20-18(16)19)13-7-14(21-2)10-15(8-13)22-3/h4-10H,1-3H3,(H2,19,20). The third-order valence-corrected chi connectivity index (χ3v) is 3.66. The van der Waals surface area contributed by atoms with E-state index in [-0.39, 0.29) is 0 Å². The van der Waals surface area contributed by atoms with Crippen molar-refractivity contribution >= 4 is 16.6 Å². The number of nitrogens with two attached hydrogens (primary N) is 1. The van der Waals surface area contributed by atoms with E-state index in [4.69, 9.17) is 15.2 Å². The van der Waals surface area contributed by atoms with E-state index in [1.165, 1.54) is 5.56 Å². The molecule has 0 spiro atoms. The lowest BCUT2D eigenvalue weighted by molar-refractivity contribution is 0.394. The molecule has 0 amide bonds. The molecule has 0 atom stereocenters. The van der Waals surface area contributed by atoms with E-state index in [0.29, 0.717) is 5.82 Å². The molecule has 0 radical (unpaired) electrons. The van der Waals surface area contributed by atoms with E-state index < -0.39 is 0 Å². The van der Waals surface area contributed by atoms with Crippen molar-refractivity contribution in [2.75, 3.05) is 20.0 Å². The first kappa shape index (κ1) is 14.2. The van der Waals surface area contributed by atoms with Gasteiger partial charge in [-0.2, -0.15) is 0 Å². The average Bonchev–Trinajstić information content (AvgIpc) is 2.53. The highest BCUT2D eigenvalue weighted by Gasteiger charge is 2.09. The van der Waals surface area contributed by atoms with Crippen LogP contribution in [0.15, 0.2) is 42.5 Å². The maximum atomic E-state index is 6.11. The number of pyridine rings is 1. The van der Waals surface area contributed by atoms with E-state index in [9.17, 15) is 0 Å². The van der Waals surface area contributed by atoms with Gasteiger partial charge in [-0.25, -0.2) is 4.98 Å². The van der Waals surface area contributed by atoms with Gasteiger partial charge in [0.25, 0.3) is 0 Å². The van der Waals surface area contributed by atoms with E-state index in [1.807, 2.05) is 36.4 Å². The molecular weight excluding hydrogens is 276 g/mol. The summed E-state index contributed by atoms with van der Waals surface area (Å²) in [6.45, 7) is 2.06. The van der Waals surface area contributed by atoms with Crippen LogP contribution in [0, 0.1) is 6.92 Å². The smallest absolute Gasteiger partial charge is 0.131 e. The van der Waals surface area contributed by atoms with Gasteiger partial charge in [0, 0.05) is 17.0 Å². The zero-order chi connectivity index (χ0) is 15.7. The molecule has 4 nitrogen and oxygen atoms in total. The Morgan fingerprint density at radius 1 is 0.909 bits per heavy atom. The van der Waals surface area contributed by atoms with E-state index in [1.54, 1.807) is 14.2 Å². The molecule has 0 aliphatic heterocycles. The molecule has 0 fully saturated rings. The summed E-state index contributed by atoms with van der Waals surface area (Å²) in [7, 11) is 3.26. The normalized spacial score (nSPS) is 10.7. The van der Waals surface area contributed by atoms with Crippen LogP contribution in [0.1, 0.15) is 5.56 Å². The average molecular weight is 294 g/mol. The molecule has 2 aromatic carbocycles. The first-order valence-corrected chi connectivity index (χ1v) is 7.01. The summed E-state index contributed by atoms with van der Waals surface area (Å²) >= 11 is 0. The molecule has 0 saturated heterocycles. The van der Waals surface area contributed by atoms with Gasteiger partial charge in [0.15, 0.2) is 0 Å². The van der Waals surface area contributed by atoms with Crippen molar-refractivity contribution in [3.63, 3.8) is 0 Å². The lowest BCUT2D eigenvalue weighted by Gasteiger charge is -2.10. The molecule has 1 heterocycles. The molecule has 2 N–H and O–H groups in total. The van der Waals surface area contributed by atoms with E-state index in [0.717, 1.165) is 33.5 Å². The van der Waals surface area contributed by atoms with Crippen LogP contribution in [0.5, 0.6) is 11.5 Å². The molecule has 1 aromatic heterocycles. The van der Waals surface area contributed by atoms with Crippen molar-refractivity contribution in [3.8, 4) is 22.8 Å². The predicted molar refractivity (Wildman–Crippen MR) is 89.4 cm³/mol. The second-order valence-corrected chi connectivity index (χ2v) is 5.22. The first-order valence-electron chi connectivity index (χ1n) is 7.01. The first-order chi connectivity index (χ1) is 10.6. The largest absolute Gasteiger partial charge is 0.497 e. The molecule has 0 bridgehead atoms. The summed E-state index contributed by atoms with van der Waals surface area (Å²) in [5, 5.41) is 2.04. The lowest BCUT2D eigenvalue weighted by atomic mass is 10.0. The van der Waals surface area contributed by atoms with Crippen LogP contribution >= 0.6 is 0 Å². The zero-order valence-electron chi connectivity index (χ0n) is 12.9. The Bertz CT molecular complexity index is 822. The second kappa shape index (κ2) is 5.56. The SMILES string of the molecule is COc1cc(OC)cc(-c2cc3cc(C)ccc3c(N)n2)c1. The number of ether oxygens (including phenoxy) is 2. The summed E-state index contributed by atoms with van der Waals surface area (Å²) in [5.41, 5.74) is 9.01. The minimum absolute atomic E-state index is 0.522. The number of fused-ring (bicyclic) bond motifs is 1. The number of rotatable bonds is 3. The van der Waals surface area contributed by atoms with Crippen LogP contribution in [-0.2, 0) is 0 Å². The van der Waals surface area contributed by atoms with Gasteiger partial charge in [-0.3, -0.25) is 0 Å². The fraction of sp³-hybridized carbons (Fsp3) is 0.167. The molecule has 0 unspecified atom stereocenters. The Balaban J connectivity index is 2.21. The molecule has 3 rings (SSSR count). The quantitative estimate of drug-likeness (QED) is 0.798. The molecule has 112 valence electrons. The monoisotopic (exact) mass is 294 g/mol. The van der Waals surface area contributed by atoms with Crippen LogP contribution in [0.25, 0.3) is 22.0 Å². The number of anilines is 1. The van der Waals surface area contributed by atoms with Crippen LogP contribution in [-0.4, -0.2) is 19.2 Å². The van der Waals surface area contributed by atoms with Gasteiger partial charge in [0.2, 0.25) is 0 Å². The molecule has 4 heteroatoms. The minimum Gasteiger partial charge on any atom is -0.497 e. The van der Waals surface area contributed by atoms with Crippen molar-refractivity contribution in [1.29, 1.82) is 0 Å². The van der Waals surface area contributed by atoms with Crippen LogP contribution in [0.2, 0.25) is 0 Å². The number of aromatic nitrogens is 1. The Morgan fingerprint density at radius 3 is 2.23 bits per heavy atom. The molecule has 0 saturated carbocycles. The number of benzene rings is 2. The summed E-state index contributed by atoms with van der Waals surface area (Å²) in [5.74, 6) is 1.97. The minimum atomic E-state index is 0.522. The second-order valence-electron chi connectivity index (χ2n) is 5.22. The maximum Gasteiger partial charge on any atom is 0.131 e. The number of hydrogen-bond acceptors (Lipinski definition) is 4. The van der Waals surface area contributed by atoms with Gasteiger partial charge in [-0.05, 0) is 30.5 Å². The van der Waals surface area contributed by atoms with Crippen LogP contribution in [0.3, 0.4) is 0 Å². The van der Waals surface area contributed by atoms with Gasteiger partial charge >= 0.3 is 0 Å². The Kier molecular flexibility index (Phi) is 3.59. The van der Waals surface area contributed by atoms with Crippen molar-refractivity contribution in [3.05, 3.63) is 48.0 Å². The van der Waals surface area contributed by atoms with Gasteiger partial charge in [0.1, 0.15) is 17.3 Å². The number of methoxy groups -OCH3 is 2. The summed E-state index contributed by atoms with van der Waals surface area (Å²) in [6.07, 6.45) is 0. The summed E-state index contributed by atoms with van der Waals surface area (Å²) in [4.78, 5) is 4.52. The van der Waals surface area contributed by atoms with Gasteiger partial charge in [0.05, 0.1) is 19.9 Å². The van der Waals surface area contributed by atoms with Crippen molar-refractivity contribution in [2.24, 2.45) is 0 Å². The Hall–Kier alpha value is -2.75. The predicted octanol–water partition coefficient (Wildman–Crippen LogP) is 3.81. The maximum absolute atomic E-state index is 6.11. The van der Waals surface area contributed by atoms with Crippen molar-refractivity contribution in [2.45, 2.75) is 6.92 Å². The number of nitrogen functional groups attached to an aromatic ring is 1. The molecular formula is C18H18N2O2.